The van der Waals surface area contributed by atoms with Gasteiger partial charge >= 0.3 is 0 Å². The van der Waals surface area contributed by atoms with Crippen molar-refractivity contribution in [2.24, 2.45) is 5.41 Å². The average molecular weight is 216 g/mol. The van der Waals surface area contributed by atoms with Crippen molar-refractivity contribution in [3.05, 3.63) is 0 Å². The van der Waals surface area contributed by atoms with E-state index in [0.29, 0.717) is 12.8 Å². The van der Waals surface area contributed by atoms with Gasteiger partial charge in [-0.05, 0) is 25.9 Å². The van der Waals surface area contributed by atoms with E-state index in [1.807, 2.05) is 0 Å². The molecule has 0 aromatic rings. The third kappa shape index (κ3) is 3.75. The molecule has 1 rings (SSSR count). The third-order valence-corrected chi connectivity index (χ3v) is 2.59. The first-order chi connectivity index (χ1) is 5.68. The lowest BCUT2D eigenvalue weighted by Gasteiger charge is -2.35. The van der Waals surface area contributed by atoms with E-state index in [1.165, 1.54) is 0 Å². The van der Waals surface area contributed by atoms with E-state index in [-0.39, 0.29) is 25.4 Å². The number of nitrogens with one attached hydrogen (secondary N) is 1. The van der Waals surface area contributed by atoms with Crippen LogP contribution in [0.3, 0.4) is 0 Å². The second-order valence-corrected chi connectivity index (χ2v) is 3.50. The van der Waals surface area contributed by atoms with Crippen molar-refractivity contribution < 1.29 is 13.9 Å². The normalized spacial score (nSPS) is 21.2. The minimum Gasteiger partial charge on any atom is -0.396 e. The number of rotatable bonds is 3. The van der Waals surface area contributed by atoms with Crippen molar-refractivity contribution in [3.63, 3.8) is 0 Å². The quantitative estimate of drug-likeness (QED) is 0.747. The highest BCUT2D eigenvalue weighted by Gasteiger charge is 2.34. The Balaban J connectivity index is 0.00000144. The summed E-state index contributed by atoms with van der Waals surface area (Å²) >= 11 is 0. The molecule has 0 aromatic carbocycles. The molecule has 0 spiro atoms. The van der Waals surface area contributed by atoms with Crippen LogP contribution in [0.5, 0.6) is 0 Å². The molecule has 1 heterocycles. The lowest BCUT2D eigenvalue weighted by molar-refractivity contribution is 0.0130. The Labute approximate surface area is 83.1 Å². The maximum absolute atomic E-state index is 12.1. The zero-order chi connectivity index (χ0) is 9.03. The largest absolute Gasteiger partial charge is 0.396 e. The van der Waals surface area contributed by atoms with Crippen LogP contribution in [-0.2, 0) is 0 Å². The summed E-state index contributed by atoms with van der Waals surface area (Å²) in [6.07, 6.45) is -1.14. The van der Waals surface area contributed by atoms with Gasteiger partial charge in [-0.2, -0.15) is 0 Å². The standard InChI is InChI=1S/C8H15F2NO.ClH/c9-7(10)5-8(6-12)1-3-11-4-2-8;/h7,11-12H,1-6H2;1H. The van der Waals surface area contributed by atoms with E-state index in [4.69, 9.17) is 5.11 Å². The van der Waals surface area contributed by atoms with E-state index in [1.54, 1.807) is 0 Å². The maximum atomic E-state index is 12.1. The van der Waals surface area contributed by atoms with Gasteiger partial charge in [0.1, 0.15) is 0 Å². The number of hydrogen-bond acceptors (Lipinski definition) is 2. The van der Waals surface area contributed by atoms with E-state index < -0.39 is 11.8 Å². The number of piperidine rings is 1. The number of hydrogen-bond donors (Lipinski definition) is 2. The maximum Gasteiger partial charge on any atom is 0.239 e. The van der Waals surface area contributed by atoms with Gasteiger partial charge in [-0.15, -0.1) is 12.4 Å². The second-order valence-electron chi connectivity index (χ2n) is 3.50. The molecule has 0 radical (unpaired) electrons. The van der Waals surface area contributed by atoms with E-state index in [0.717, 1.165) is 13.1 Å². The van der Waals surface area contributed by atoms with Gasteiger partial charge < -0.3 is 10.4 Å². The molecule has 1 aliphatic heterocycles. The predicted octanol–water partition coefficient (Wildman–Crippen LogP) is 1.43. The summed E-state index contributed by atoms with van der Waals surface area (Å²) in [4.78, 5) is 0. The molecular formula is C8H16ClF2NO. The molecule has 0 aliphatic carbocycles. The lowest BCUT2D eigenvalue weighted by Crippen LogP contribution is -2.40. The molecule has 0 amide bonds. The average Bonchev–Trinajstić information content (AvgIpc) is 2.05. The zero-order valence-electron chi connectivity index (χ0n) is 7.43. The highest BCUT2D eigenvalue weighted by atomic mass is 35.5. The molecule has 13 heavy (non-hydrogen) atoms. The Morgan fingerprint density at radius 1 is 1.31 bits per heavy atom. The summed E-state index contributed by atoms with van der Waals surface area (Å²) < 4.78 is 24.2. The molecule has 0 unspecified atom stereocenters. The number of halogens is 3. The smallest absolute Gasteiger partial charge is 0.239 e. The molecule has 80 valence electrons. The van der Waals surface area contributed by atoms with Crippen LogP contribution < -0.4 is 5.32 Å². The van der Waals surface area contributed by atoms with E-state index in [9.17, 15) is 8.78 Å². The van der Waals surface area contributed by atoms with Crippen LogP contribution in [0.4, 0.5) is 8.78 Å². The van der Waals surface area contributed by atoms with Gasteiger partial charge in [-0.3, -0.25) is 0 Å². The first kappa shape index (κ1) is 13.1. The number of aliphatic hydroxyl groups is 1. The Morgan fingerprint density at radius 2 is 1.85 bits per heavy atom. The zero-order valence-corrected chi connectivity index (χ0v) is 8.25. The topological polar surface area (TPSA) is 32.3 Å². The monoisotopic (exact) mass is 215 g/mol. The molecule has 0 bridgehead atoms. The van der Waals surface area contributed by atoms with Gasteiger partial charge in [0.15, 0.2) is 0 Å². The first-order valence-corrected chi connectivity index (χ1v) is 4.28. The summed E-state index contributed by atoms with van der Waals surface area (Å²) in [6, 6.07) is 0. The highest BCUT2D eigenvalue weighted by molar-refractivity contribution is 5.85. The summed E-state index contributed by atoms with van der Waals surface area (Å²) in [6.45, 7) is 1.37. The fraction of sp³-hybridized carbons (Fsp3) is 1.00. The molecule has 0 atom stereocenters. The van der Waals surface area contributed by atoms with E-state index in [2.05, 4.69) is 5.32 Å². The predicted molar refractivity (Wildman–Crippen MR) is 49.5 cm³/mol. The number of aliphatic hydroxyl groups excluding tert-OH is 1. The van der Waals surface area contributed by atoms with Gasteiger partial charge in [-0.25, -0.2) is 8.78 Å². The summed E-state index contributed by atoms with van der Waals surface area (Å²) in [5, 5.41) is 12.1. The second kappa shape index (κ2) is 5.73. The van der Waals surface area contributed by atoms with E-state index >= 15 is 0 Å². The van der Waals surface area contributed by atoms with Gasteiger partial charge in [-0.1, -0.05) is 0 Å². The molecule has 0 aromatic heterocycles. The summed E-state index contributed by atoms with van der Waals surface area (Å²) in [5.41, 5.74) is -0.514. The van der Waals surface area contributed by atoms with Crippen LogP contribution in [0.25, 0.3) is 0 Å². The van der Waals surface area contributed by atoms with Crippen molar-refractivity contribution in [2.45, 2.75) is 25.7 Å². The fourth-order valence-electron chi connectivity index (χ4n) is 1.71. The Bertz CT molecular complexity index is 140. The molecule has 2 N–H and O–H groups in total. The molecule has 1 fully saturated rings. The third-order valence-electron chi connectivity index (χ3n) is 2.59. The Morgan fingerprint density at radius 3 is 2.23 bits per heavy atom. The first-order valence-electron chi connectivity index (χ1n) is 4.28. The van der Waals surface area contributed by atoms with Crippen LogP contribution in [-0.4, -0.2) is 31.2 Å². The molecular weight excluding hydrogens is 200 g/mol. The molecule has 5 heteroatoms. The summed E-state index contributed by atoms with van der Waals surface area (Å²) in [7, 11) is 0. The van der Waals surface area contributed by atoms with Crippen LogP contribution >= 0.6 is 12.4 Å². The van der Waals surface area contributed by atoms with Crippen molar-refractivity contribution in [2.75, 3.05) is 19.7 Å². The van der Waals surface area contributed by atoms with Gasteiger partial charge in [0, 0.05) is 18.4 Å². The Hall–Kier alpha value is 0.0700. The fourth-order valence-corrected chi connectivity index (χ4v) is 1.71. The molecule has 0 saturated carbocycles. The van der Waals surface area contributed by atoms with Crippen LogP contribution in [0.2, 0.25) is 0 Å². The van der Waals surface area contributed by atoms with Crippen LogP contribution in [0, 0.1) is 5.41 Å². The minimum atomic E-state index is -2.30. The Kier molecular flexibility index (Phi) is 5.76. The number of alkyl halides is 2. The SMILES string of the molecule is Cl.OCC1(CC(F)F)CCNCC1. The van der Waals surface area contributed by atoms with Crippen LogP contribution in [0.1, 0.15) is 19.3 Å². The van der Waals surface area contributed by atoms with Crippen molar-refractivity contribution in [1.82, 2.24) is 5.32 Å². The molecule has 2 nitrogen and oxygen atoms in total. The summed E-state index contributed by atoms with van der Waals surface area (Å²) in [5.74, 6) is 0. The minimum absolute atomic E-state index is 0. The van der Waals surface area contributed by atoms with Gasteiger partial charge in [0.05, 0.1) is 0 Å². The highest BCUT2D eigenvalue weighted by Crippen LogP contribution is 2.34. The van der Waals surface area contributed by atoms with Gasteiger partial charge in [0.2, 0.25) is 6.43 Å². The lowest BCUT2D eigenvalue weighted by atomic mass is 9.77. The van der Waals surface area contributed by atoms with Crippen LogP contribution in [0.15, 0.2) is 0 Å². The van der Waals surface area contributed by atoms with Crippen molar-refractivity contribution in [1.29, 1.82) is 0 Å². The molecule has 1 aliphatic rings. The van der Waals surface area contributed by atoms with Crippen molar-refractivity contribution >= 4 is 12.4 Å². The molecule has 1 saturated heterocycles. The van der Waals surface area contributed by atoms with Gasteiger partial charge in [0.25, 0.3) is 0 Å². The van der Waals surface area contributed by atoms with Crippen molar-refractivity contribution in [3.8, 4) is 0 Å².